The van der Waals surface area contributed by atoms with Crippen LogP contribution < -0.4 is 0 Å². The number of H-pyrrole nitrogens is 1. The van der Waals surface area contributed by atoms with Gasteiger partial charge < -0.3 is 4.74 Å². The Balaban J connectivity index is 1.77. The molecule has 1 aromatic rings. The van der Waals surface area contributed by atoms with Gasteiger partial charge in [-0.15, -0.1) is 0 Å². The van der Waals surface area contributed by atoms with Crippen molar-refractivity contribution in [2.75, 3.05) is 19.8 Å². The number of hydrogen-bond donors (Lipinski definition) is 1. The van der Waals surface area contributed by atoms with Crippen LogP contribution in [0.15, 0.2) is 0 Å². The van der Waals surface area contributed by atoms with Crippen molar-refractivity contribution in [2.24, 2.45) is 0 Å². The Morgan fingerprint density at radius 2 is 2.43 bits per heavy atom. The van der Waals surface area contributed by atoms with Crippen LogP contribution in [0.25, 0.3) is 0 Å². The molecular formula is C10H14N3O. The first kappa shape index (κ1) is 8.44. The molecule has 0 unspecified atom stereocenters. The molecule has 3 rings (SSSR count). The second-order valence-electron chi connectivity index (χ2n) is 4.06. The number of ether oxygens (including phenoxy) is 1. The van der Waals surface area contributed by atoms with Gasteiger partial charge in [-0.05, 0) is 19.4 Å². The van der Waals surface area contributed by atoms with Crippen molar-refractivity contribution >= 4 is 0 Å². The predicted molar refractivity (Wildman–Crippen MR) is 50.8 cm³/mol. The molecule has 2 aliphatic heterocycles. The Bertz CT molecular complexity index is 319. The first-order chi connectivity index (χ1) is 6.93. The van der Waals surface area contributed by atoms with Gasteiger partial charge in [0.25, 0.3) is 0 Å². The van der Waals surface area contributed by atoms with Crippen LogP contribution in [0.1, 0.15) is 17.7 Å². The zero-order chi connectivity index (χ0) is 9.38. The molecule has 0 spiro atoms. The van der Waals surface area contributed by atoms with E-state index in [1.165, 1.54) is 24.2 Å². The highest BCUT2D eigenvalue weighted by molar-refractivity contribution is 5.16. The van der Waals surface area contributed by atoms with Gasteiger partial charge in [0.2, 0.25) is 0 Å². The molecule has 0 saturated carbocycles. The molecule has 1 saturated heterocycles. The molecule has 2 aliphatic rings. The van der Waals surface area contributed by atoms with Gasteiger partial charge in [0.15, 0.2) is 0 Å². The van der Waals surface area contributed by atoms with Crippen LogP contribution in [0, 0.1) is 6.20 Å². The first-order valence-corrected chi connectivity index (χ1v) is 5.19. The van der Waals surface area contributed by atoms with E-state index in [1.807, 2.05) is 0 Å². The fourth-order valence-corrected chi connectivity index (χ4v) is 2.12. The number of rotatable bonds is 1. The van der Waals surface area contributed by atoms with Gasteiger partial charge in [0, 0.05) is 17.8 Å². The molecule has 14 heavy (non-hydrogen) atoms. The van der Waals surface area contributed by atoms with Crippen LogP contribution in [0.2, 0.25) is 0 Å². The number of fused-ring (bicyclic) bond motifs is 1. The van der Waals surface area contributed by atoms with Gasteiger partial charge >= 0.3 is 0 Å². The lowest BCUT2D eigenvalue weighted by atomic mass is 10.2. The van der Waals surface area contributed by atoms with E-state index in [2.05, 4.69) is 21.3 Å². The molecule has 1 aromatic heterocycles. The molecule has 1 radical (unpaired) electrons. The predicted octanol–water partition coefficient (Wildman–Crippen LogP) is 0.357. The standard InChI is InChI=1S/C10H14N3O/c1-2-10-8(4-11-12-10)5-13(3-1)9-6-14-7-9/h9H,1-3,5-7H2,(H,11,12). The van der Waals surface area contributed by atoms with E-state index in [1.54, 1.807) is 0 Å². The first-order valence-electron chi connectivity index (χ1n) is 5.19. The van der Waals surface area contributed by atoms with Gasteiger partial charge in [0.05, 0.1) is 19.3 Å². The molecular weight excluding hydrogens is 178 g/mol. The van der Waals surface area contributed by atoms with E-state index >= 15 is 0 Å². The summed E-state index contributed by atoms with van der Waals surface area (Å²) >= 11 is 0. The van der Waals surface area contributed by atoms with Crippen LogP contribution in [0.5, 0.6) is 0 Å². The molecule has 1 fully saturated rings. The summed E-state index contributed by atoms with van der Waals surface area (Å²) in [5, 5.41) is 7.00. The summed E-state index contributed by atoms with van der Waals surface area (Å²) in [7, 11) is 0. The Kier molecular flexibility index (Phi) is 2.03. The summed E-state index contributed by atoms with van der Waals surface area (Å²) in [6.45, 7) is 3.95. The van der Waals surface area contributed by atoms with Crippen LogP contribution in [0.3, 0.4) is 0 Å². The number of hydrogen-bond acceptors (Lipinski definition) is 3. The number of nitrogens with zero attached hydrogens (tertiary/aromatic N) is 2. The second kappa shape index (κ2) is 3.37. The molecule has 0 bridgehead atoms. The average Bonchev–Trinajstić information content (AvgIpc) is 2.42. The zero-order valence-corrected chi connectivity index (χ0v) is 8.12. The van der Waals surface area contributed by atoms with E-state index in [4.69, 9.17) is 4.74 Å². The van der Waals surface area contributed by atoms with Crippen LogP contribution in [0.4, 0.5) is 0 Å². The van der Waals surface area contributed by atoms with Crippen LogP contribution in [-0.2, 0) is 17.7 Å². The maximum atomic E-state index is 5.22. The lowest BCUT2D eigenvalue weighted by molar-refractivity contribution is -0.0674. The van der Waals surface area contributed by atoms with Crippen LogP contribution >= 0.6 is 0 Å². The Hall–Kier alpha value is -0.870. The fraction of sp³-hybridized carbons (Fsp3) is 0.700. The largest absolute Gasteiger partial charge is 0.378 e. The summed E-state index contributed by atoms with van der Waals surface area (Å²) in [4.78, 5) is 2.49. The van der Waals surface area contributed by atoms with E-state index in [0.717, 1.165) is 26.2 Å². The van der Waals surface area contributed by atoms with E-state index in [-0.39, 0.29) is 0 Å². The second-order valence-corrected chi connectivity index (χ2v) is 4.06. The maximum absolute atomic E-state index is 5.22. The molecule has 0 aliphatic carbocycles. The van der Waals surface area contributed by atoms with Crippen molar-refractivity contribution in [1.82, 2.24) is 15.1 Å². The molecule has 3 heterocycles. The third-order valence-corrected chi connectivity index (χ3v) is 3.12. The minimum atomic E-state index is 0.629. The van der Waals surface area contributed by atoms with Crippen molar-refractivity contribution in [2.45, 2.75) is 25.4 Å². The number of aromatic nitrogens is 2. The van der Waals surface area contributed by atoms with Gasteiger partial charge in [0.1, 0.15) is 6.20 Å². The molecule has 0 amide bonds. The van der Waals surface area contributed by atoms with Crippen molar-refractivity contribution < 1.29 is 4.74 Å². The van der Waals surface area contributed by atoms with Gasteiger partial charge in [-0.2, -0.15) is 5.10 Å². The Morgan fingerprint density at radius 1 is 1.50 bits per heavy atom. The van der Waals surface area contributed by atoms with Crippen molar-refractivity contribution in [3.8, 4) is 0 Å². The fourth-order valence-electron chi connectivity index (χ4n) is 2.12. The Labute approximate surface area is 83.2 Å². The number of aromatic amines is 1. The summed E-state index contributed by atoms with van der Waals surface area (Å²) in [6.07, 6.45) is 5.36. The number of nitrogens with one attached hydrogen (secondary N) is 1. The molecule has 75 valence electrons. The summed E-state index contributed by atoms with van der Waals surface area (Å²) in [6, 6.07) is 0.629. The molecule has 1 N–H and O–H groups in total. The van der Waals surface area contributed by atoms with Crippen molar-refractivity contribution in [1.29, 1.82) is 0 Å². The average molecular weight is 192 g/mol. The lowest BCUT2D eigenvalue weighted by Gasteiger charge is -2.36. The van der Waals surface area contributed by atoms with Gasteiger partial charge in [-0.1, -0.05) is 0 Å². The quantitative estimate of drug-likeness (QED) is 0.698. The normalized spacial score (nSPS) is 24.0. The molecule has 4 nitrogen and oxygen atoms in total. The molecule has 0 atom stereocenters. The van der Waals surface area contributed by atoms with E-state index in [9.17, 15) is 0 Å². The third kappa shape index (κ3) is 1.35. The lowest BCUT2D eigenvalue weighted by Crippen LogP contribution is -2.48. The van der Waals surface area contributed by atoms with Gasteiger partial charge in [-0.3, -0.25) is 10.00 Å². The SMILES string of the molecule is [c]1n[nH]c2c1CN(C1COC1)CCC2. The highest BCUT2D eigenvalue weighted by Gasteiger charge is 2.28. The topological polar surface area (TPSA) is 41.2 Å². The van der Waals surface area contributed by atoms with E-state index in [0.29, 0.717) is 6.04 Å². The Morgan fingerprint density at radius 3 is 3.21 bits per heavy atom. The zero-order valence-electron chi connectivity index (χ0n) is 8.12. The highest BCUT2D eigenvalue weighted by atomic mass is 16.5. The maximum Gasteiger partial charge on any atom is 0.117 e. The highest BCUT2D eigenvalue weighted by Crippen LogP contribution is 2.20. The van der Waals surface area contributed by atoms with Crippen molar-refractivity contribution in [3.63, 3.8) is 0 Å². The van der Waals surface area contributed by atoms with Crippen molar-refractivity contribution in [3.05, 3.63) is 17.5 Å². The van der Waals surface area contributed by atoms with E-state index < -0.39 is 0 Å². The monoisotopic (exact) mass is 192 g/mol. The minimum Gasteiger partial charge on any atom is -0.378 e. The summed E-state index contributed by atoms with van der Waals surface area (Å²) in [5.41, 5.74) is 2.52. The summed E-state index contributed by atoms with van der Waals surface area (Å²) in [5.74, 6) is 0. The third-order valence-electron chi connectivity index (χ3n) is 3.12. The smallest absolute Gasteiger partial charge is 0.117 e. The summed E-state index contributed by atoms with van der Waals surface area (Å²) < 4.78 is 5.22. The molecule has 0 aromatic carbocycles. The van der Waals surface area contributed by atoms with Crippen LogP contribution in [-0.4, -0.2) is 40.9 Å². The molecule has 4 heteroatoms. The van der Waals surface area contributed by atoms with Gasteiger partial charge in [-0.25, -0.2) is 0 Å². The minimum absolute atomic E-state index is 0.629. The number of aryl methyl sites for hydroxylation is 1.